The monoisotopic (exact) mass is 370 g/mol. The molecule has 0 spiro atoms. The van der Waals surface area contributed by atoms with Crippen LogP contribution in [0.15, 0.2) is 47.1 Å². The second-order valence-corrected chi connectivity index (χ2v) is 7.91. The summed E-state index contributed by atoms with van der Waals surface area (Å²) in [5, 5.41) is 3.07. The van der Waals surface area contributed by atoms with Crippen molar-refractivity contribution < 1.29 is 14.0 Å². The van der Waals surface area contributed by atoms with E-state index in [4.69, 9.17) is 4.42 Å². The van der Waals surface area contributed by atoms with Gasteiger partial charge in [-0.05, 0) is 42.7 Å². The van der Waals surface area contributed by atoms with E-state index < -0.39 is 0 Å². The van der Waals surface area contributed by atoms with Crippen molar-refractivity contribution in [2.45, 2.75) is 43.6 Å². The fourth-order valence-corrected chi connectivity index (χ4v) is 4.80. The molecular weight excluding hydrogens is 348 g/mol. The van der Waals surface area contributed by atoms with E-state index >= 15 is 0 Å². The fraction of sp³-hybridized carbons (Fsp3) is 0.400. The van der Waals surface area contributed by atoms with E-state index in [0.29, 0.717) is 23.9 Å². The van der Waals surface area contributed by atoms with E-state index in [1.54, 1.807) is 18.0 Å². The number of thioether (sulfide) groups is 1. The van der Waals surface area contributed by atoms with Crippen molar-refractivity contribution in [3.05, 3.63) is 59.5 Å². The number of hydrogen-bond donors (Lipinski definition) is 1. The minimum Gasteiger partial charge on any atom is -0.467 e. The molecule has 136 valence electrons. The molecule has 5 nitrogen and oxygen atoms in total. The summed E-state index contributed by atoms with van der Waals surface area (Å²) < 4.78 is 5.39. The lowest BCUT2D eigenvalue weighted by Gasteiger charge is -2.23. The van der Waals surface area contributed by atoms with Gasteiger partial charge in [0.05, 0.1) is 18.6 Å². The van der Waals surface area contributed by atoms with E-state index in [-0.39, 0.29) is 17.2 Å². The molecule has 1 atom stereocenters. The third kappa shape index (κ3) is 3.65. The van der Waals surface area contributed by atoms with Crippen LogP contribution in [0.3, 0.4) is 0 Å². The maximum absolute atomic E-state index is 12.4. The number of nitrogens with one attached hydrogen (secondary N) is 1. The number of benzene rings is 1. The van der Waals surface area contributed by atoms with Crippen LogP contribution in [0.1, 0.15) is 52.7 Å². The van der Waals surface area contributed by atoms with Crippen LogP contribution in [0, 0.1) is 0 Å². The average Bonchev–Trinajstić information content (AvgIpc) is 3.40. The normalized spacial score (nSPS) is 20.7. The Bertz CT molecular complexity index is 767. The highest BCUT2D eigenvalue weighted by molar-refractivity contribution is 8.00. The molecule has 2 aliphatic rings. The largest absolute Gasteiger partial charge is 0.467 e. The molecule has 0 radical (unpaired) electrons. The second-order valence-electron chi connectivity index (χ2n) is 6.84. The second kappa shape index (κ2) is 7.58. The summed E-state index contributed by atoms with van der Waals surface area (Å²) >= 11 is 1.61. The lowest BCUT2D eigenvalue weighted by Crippen LogP contribution is -2.32. The van der Waals surface area contributed by atoms with Gasteiger partial charge in [0.25, 0.3) is 5.91 Å². The molecule has 4 rings (SSSR count). The van der Waals surface area contributed by atoms with Crippen molar-refractivity contribution in [2.24, 2.45) is 0 Å². The quantitative estimate of drug-likeness (QED) is 0.871. The zero-order chi connectivity index (χ0) is 17.9. The molecule has 1 saturated carbocycles. The molecule has 1 N–H and O–H groups in total. The first-order valence-corrected chi connectivity index (χ1v) is 10.1. The molecule has 2 aromatic rings. The Morgan fingerprint density at radius 2 is 1.96 bits per heavy atom. The summed E-state index contributed by atoms with van der Waals surface area (Å²) in [6.07, 6.45) is 6.17. The Morgan fingerprint density at radius 3 is 2.65 bits per heavy atom. The summed E-state index contributed by atoms with van der Waals surface area (Å²) in [5.41, 5.74) is 1.71. The van der Waals surface area contributed by atoms with Crippen molar-refractivity contribution in [1.29, 1.82) is 0 Å². The number of rotatable bonds is 5. The van der Waals surface area contributed by atoms with Gasteiger partial charge >= 0.3 is 0 Å². The van der Waals surface area contributed by atoms with Gasteiger partial charge in [-0.2, -0.15) is 0 Å². The van der Waals surface area contributed by atoms with Crippen LogP contribution in [-0.4, -0.2) is 28.5 Å². The van der Waals surface area contributed by atoms with E-state index in [9.17, 15) is 9.59 Å². The molecule has 1 aliphatic heterocycles. The van der Waals surface area contributed by atoms with Crippen molar-refractivity contribution in [3.63, 3.8) is 0 Å². The number of hydrogen-bond acceptors (Lipinski definition) is 4. The number of carbonyl (C=O) groups excluding carboxylic acids is 2. The predicted octanol–water partition coefficient (Wildman–Crippen LogP) is 3.73. The van der Waals surface area contributed by atoms with Crippen molar-refractivity contribution >= 4 is 23.6 Å². The molecule has 2 fully saturated rings. The Balaban J connectivity index is 1.45. The Hall–Kier alpha value is -2.21. The van der Waals surface area contributed by atoms with E-state index in [1.807, 2.05) is 41.3 Å². The van der Waals surface area contributed by atoms with Gasteiger partial charge in [-0.3, -0.25) is 9.59 Å². The van der Waals surface area contributed by atoms with E-state index in [2.05, 4.69) is 5.32 Å². The van der Waals surface area contributed by atoms with Crippen molar-refractivity contribution in [2.75, 3.05) is 5.75 Å². The lowest BCUT2D eigenvalue weighted by molar-refractivity contribution is -0.128. The Kier molecular flexibility index (Phi) is 5.02. The standard InChI is InChI=1S/C20H22N2O3S/c23-18-13-26-20(22(18)12-17-6-3-11-25-17)15-9-7-14(8-10-15)19(24)21-16-4-1-2-5-16/h3,6-11,16,20H,1-2,4-5,12-13H2,(H,21,24)/t20-/m1/s1. The van der Waals surface area contributed by atoms with Gasteiger partial charge < -0.3 is 14.6 Å². The van der Waals surface area contributed by atoms with Crippen LogP contribution in [-0.2, 0) is 11.3 Å². The maximum atomic E-state index is 12.4. The van der Waals surface area contributed by atoms with Crippen molar-refractivity contribution in [3.8, 4) is 0 Å². The minimum atomic E-state index is -0.0421. The summed E-state index contributed by atoms with van der Waals surface area (Å²) in [6, 6.07) is 11.6. The first kappa shape index (κ1) is 17.2. The van der Waals surface area contributed by atoms with Gasteiger partial charge in [-0.15, -0.1) is 11.8 Å². The first-order valence-electron chi connectivity index (χ1n) is 9.05. The molecule has 1 aromatic carbocycles. The van der Waals surface area contributed by atoms with E-state index in [1.165, 1.54) is 12.8 Å². The lowest BCUT2D eigenvalue weighted by atomic mass is 10.1. The molecule has 1 aliphatic carbocycles. The SMILES string of the molecule is O=C(NC1CCCC1)c1ccc([C@H]2SCC(=O)N2Cc2ccco2)cc1. The maximum Gasteiger partial charge on any atom is 0.251 e. The molecule has 0 bridgehead atoms. The molecule has 1 saturated heterocycles. The summed E-state index contributed by atoms with van der Waals surface area (Å²) in [4.78, 5) is 26.5. The molecule has 0 unspecified atom stereocenters. The molecular formula is C20H22N2O3S. The van der Waals surface area contributed by atoms with Crippen LogP contribution >= 0.6 is 11.8 Å². The zero-order valence-corrected chi connectivity index (χ0v) is 15.3. The predicted molar refractivity (Wildman–Crippen MR) is 101 cm³/mol. The highest BCUT2D eigenvalue weighted by Gasteiger charge is 2.33. The molecule has 6 heteroatoms. The minimum absolute atomic E-state index is 0.00829. The molecule has 2 amide bonds. The first-order chi connectivity index (χ1) is 12.7. The van der Waals surface area contributed by atoms with Crippen LogP contribution in [0.2, 0.25) is 0 Å². The highest BCUT2D eigenvalue weighted by Crippen LogP contribution is 2.39. The average molecular weight is 370 g/mol. The number of carbonyl (C=O) groups is 2. The fourth-order valence-electron chi connectivity index (χ4n) is 3.61. The third-order valence-corrected chi connectivity index (χ3v) is 6.28. The number of nitrogens with zero attached hydrogens (tertiary/aromatic N) is 1. The third-order valence-electron chi connectivity index (χ3n) is 5.02. The molecule has 1 aromatic heterocycles. The van der Waals surface area contributed by atoms with Gasteiger partial charge in [0, 0.05) is 11.6 Å². The summed E-state index contributed by atoms with van der Waals surface area (Å²) in [5.74, 6) is 1.35. The van der Waals surface area contributed by atoms with Crippen molar-refractivity contribution in [1.82, 2.24) is 10.2 Å². The van der Waals surface area contributed by atoms with Crippen LogP contribution in [0.5, 0.6) is 0 Å². The van der Waals surface area contributed by atoms with Crippen LogP contribution < -0.4 is 5.32 Å². The number of amides is 2. The molecule has 26 heavy (non-hydrogen) atoms. The van der Waals surface area contributed by atoms with Gasteiger partial charge in [-0.1, -0.05) is 25.0 Å². The molecule has 2 heterocycles. The summed E-state index contributed by atoms with van der Waals surface area (Å²) in [7, 11) is 0. The van der Waals surface area contributed by atoms with Gasteiger partial charge in [0.15, 0.2) is 0 Å². The number of furan rings is 1. The van der Waals surface area contributed by atoms with E-state index in [0.717, 1.165) is 24.2 Å². The Morgan fingerprint density at radius 1 is 1.19 bits per heavy atom. The Labute approximate surface area is 157 Å². The highest BCUT2D eigenvalue weighted by atomic mass is 32.2. The van der Waals surface area contributed by atoms with Gasteiger partial charge in [0.2, 0.25) is 5.91 Å². The smallest absolute Gasteiger partial charge is 0.251 e. The zero-order valence-electron chi connectivity index (χ0n) is 14.5. The van der Waals surface area contributed by atoms with Crippen LogP contribution in [0.25, 0.3) is 0 Å². The van der Waals surface area contributed by atoms with Crippen LogP contribution in [0.4, 0.5) is 0 Å². The topological polar surface area (TPSA) is 62.6 Å². The van der Waals surface area contributed by atoms with Gasteiger partial charge in [-0.25, -0.2) is 0 Å². The van der Waals surface area contributed by atoms with Gasteiger partial charge in [0.1, 0.15) is 11.1 Å². The summed E-state index contributed by atoms with van der Waals surface area (Å²) in [6.45, 7) is 0.466.